The van der Waals surface area contributed by atoms with Crippen molar-refractivity contribution in [2.24, 2.45) is 0 Å². The molecule has 0 unspecified atom stereocenters. The van der Waals surface area contributed by atoms with Crippen LogP contribution in [0.15, 0.2) is 30.3 Å². The Morgan fingerprint density at radius 2 is 1.73 bits per heavy atom. The Bertz CT molecular complexity index is 241. The van der Waals surface area contributed by atoms with Gasteiger partial charge in [-0.15, -0.1) is 0 Å². The Kier molecular flexibility index (Phi) is 1.78. The summed E-state index contributed by atoms with van der Waals surface area (Å²) in [5.41, 5.74) is 0. The van der Waals surface area contributed by atoms with Gasteiger partial charge in [0.1, 0.15) is 0 Å². The van der Waals surface area contributed by atoms with E-state index in [-0.39, 0.29) is 0 Å². The first-order chi connectivity index (χ1) is 5.31. The van der Waals surface area contributed by atoms with Crippen LogP contribution in [0.25, 0.3) is 0 Å². The molecule has 2 rings (SSSR count). The van der Waals surface area contributed by atoms with Gasteiger partial charge in [-0.2, -0.15) is 11.1 Å². The Balaban J connectivity index is 2.29. The summed E-state index contributed by atoms with van der Waals surface area (Å²) in [6, 6.07) is 13.1. The van der Waals surface area contributed by atoms with E-state index in [0.29, 0.717) is 0 Å². The third-order valence-electron chi connectivity index (χ3n) is 2.44. The molecule has 0 aliphatic carbocycles. The molecule has 1 heterocycles. The van der Waals surface area contributed by atoms with E-state index in [1.54, 1.807) is 0 Å². The predicted octanol–water partition coefficient (Wildman–Crippen LogP) is 2.48. The number of benzene rings is 1. The molecule has 0 saturated carbocycles. The molecule has 11 heavy (non-hydrogen) atoms. The van der Waals surface area contributed by atoms with E-state index in [1.807, 2.05) is 0 Å². The fourth-order valence-corrected chi connectivity index (χ4v) is 5.03. The molecule has 1 saturated heterocycles. The number of hydrogen-bond donors (Lipinski definition) is 0. The zero-order valence-electron chi connectivity index (χ0n) is 6.39. The second-order valence-electron chi connectivity index (χ2n) is 3.18. The molecule has 0 nitrogen and oxygen atoms in total. The van der Waals surface area contributed by atoms with Crippen molar-refractivity contribution in [2.45, 2.75) is 18.5 Å². The molecule has 58 valence electrons. The van der Waals surface area contributed by atoms with Crippen LogP contribution in [0.4, 0.5) is 0 Å². The molecule has 0 amide bonds. The number of halogens is 1. The van der Waals surface area contributed by atoms with Crippen LogP contribution >= 0.6 is 11.1 Å². The summed E-state index contributed by atoms with van der Waals surface area (Å²) in [6.07, 6.45) is 1.34. The highest BCUT2D eigenvalue weighted by Crippen LogP contribution is 2.34. The van der Waals surface area contributed by atoms with Gasteiger partial charge < -0.3 is 0 Å². The molecule has 1 fully saturated rings. The molecule has 1 aromatic rings. The van der Waals surface area contributed by atoms with E-state index < -0.39 is 7.38 Å². The fraction of sp³-hybridized carbons (Fsp3) is 0.333. The molecule has 0 N–H and O–H groups in total. The van der Waals surface area contributed by atoms with Crippen molar-refractivity contribution in [2.75, 3.05) is 0 Å². The van der Waals surface area contributed by atoms with Gasteiger partial charge in [0.05, 0.1) is 0 Å². The quantitative estimate of drug-likeness (QED) is 0.463. The topological polar surface area (TPSA) is 0 Å². The van der Waals surface area contributed by atoms with Gasteiger partial charge in [0.15, 0.2) is 7.38 Å². The van der Waals surface area contributed by atoms with Crippen LogP contribution in [0.3, 0.4) is 0 Å². The highest BCUT2D eigenvalue weighted by atomic mass is 35.6. The first-order valence-electron chi connectivity index (χ1n) is 4.06. The third kappa shape index (κ3) is 1.23. The first-order valence-corrected chi connectivity index (χ1v) is 7.48. The van der Waals surface area contributed by atoms with E-state index >= 15 is 0 Å². The maximum Gasteiger partial charge on any atom is 0.186 e. The molecule has 1 aromatic carbocycles. The Hall–Kier alpha value is -0.273. The Labute approximate surface area is 72.9 Å². The molecule has 0 aromatic heterocycles. The van der Waals surface area contributed by atoms with E-state index in [4.69, 9.17) is 11.1 Å². The van der Waals surface area contributed by atoms with Crippen molar-refractivity contribution in [3.05, 3.63) is 30.3 Å². The average Bonchev–Trinajstić information content (AvgIpc) is 2.02. The SMILES string of the molecule is Cl[Si]1(c2ccccc2)CCC1. The summed E-state index contributed by atoms with van der Waals surface area (Å²) in [6.45, 7) is 0. The molecule has 0 bridgehead atoms. The molecule has 1 aliphatic rings. The Morgan fingerprint density at radius 3 is 2.18 bits per heavy atom. The minimum atomic E-state index is -1.40. The van der Waals surface area contributed by atoms with Crippen molar-refractivity contribution in [1.82, 2.24) is 0 Å². The van der Waals surface area contributed by atoms with E-state index in [2.05, 4.69) is 30.3 Å². The van der Waals surface area contributed by atoms with Gasteiger partial charge in [0, 0.05) is 0 Å². The van der Waals surface area contributed by atoms with Crippen molar-refractivity contribution in [1.29, 1.82) is 0 Å². The first kappa shape index (κ1) is 7.38. The summed E-state index contributed by atoms with van der Waals surface area (Å²) >= 11 is 6.47. The molecule has 2 heteroatoms. The normalized spacial score (nSPS) is 20.8. The molecule has 0 atom stereocenters. The van der Waals surface area contributed by atoms with Crippen LogP contribution in [0, 0.1) is 0 Å². The van der Waals surface area contributed by atoms with Gasteiger partial charge in [-0.25, -0.2) is 0 Å². The summed E-state index contributed by atoms with van der Waals surface area (Å²) < 4.78 is 0. The van der Waals surface area contributed by atoms with Crippen molar-refractivity contribution in [3.63, 3.8) is 0 Å². The van der Waals surface area contributed by atoms with Crippen molar-refractivity contribution < 1.29 is 0 Å². The van der Waals surface area contributed by atoms with Crippen LogP contribution in [-0.2, 0) is 0 Å². The average molecular weight is 183 g/mol. The van der Waals surface area contributed by atoms with Crippen molar-refractivity contribution >= 4 is 23.6 Å². The zero-order chi connectivity index (χ0) is 7.73. The lowest BCUT2D eigenvalue weighted by molar-refractivity contribution is 0.940. The van der Waals surface area contributed by atoms with Gasteiger partial charge in [-0.3, -0.25) is 0 Å². The maximum atomic E-state index is 6.47. The third-order valence-corrected chi connectivity index (χ3v) is 7.89. The van der Waals surface area contributed by atoms with Crippen LogP contribution < -0.4 is 5.19 Å². The fourth-order valence-electron chi connectivity index (χ4n) is 1.51. The van der Waals surface area contributed by atoms with E-state index in [9.17, 15) is 0 Å². The minimum absolute atomic E-state index is 1.28. The summed E-state index contributed by atoms with van der Waals surface area (Å²) in [4.78, 5) is 0. The van der Waals surface area contributed by atoms with Gasteiger partial charge in [-0.05, 0) is 17.3 Å². The lowest BCUT2D eigenvalue weighted by Crippen LogP contribution is -2.47. The lowest BCUT2D eigenvalue weighted by atomic mass is 10.4. The molecular formula is C9H11ClSi. The van der Waals surface area contributed by atoms with Crippen molar-refractivity contribution in [3.8, 4) is 0 Å². The number of rotatable bonds is 1. The summed E-state index contributed by atoms with van der Waals surface area (Å²) in [5, 5.41) is 1.42. The highest BCUT2D eigenvalue weighted by molar-refractivity contribution is 7.28. The second kappa shape index (κ2) is 2.65. The summed E-state index contributed by atoms with van der Waals surface area (Å²) in [7, 11) is -1.40. The van der Waals surface area contributed by atoms with E-state index in [1.165, 1.54) is 23.7 Å². The lowest BCUT2D eigenvalue weighted by Gasteiger charge is -2.33. The second-order valence-corrected chi connectivity index (χ2v) is 8.86. The maximum absolute atomic E-state index is 6.47. The van der Waals surface area contributed by atoms with Crippen LogP contribution in [-0.4, -0.2) is 7.38 Å². The molecule has 0 radical (unpaired) electrons. The largest absolute Gasteiger partial charge is 0.186 e. The van der Waals surface area contributed by atoms with E-state index in [0.717, 1.165) is 0 Å². The molecule has 0 spiro atoms. The van der Waals surface area contributed by atoms with Crippen LogP contribution in [0.2, 0.25) is 12.1 Å². The molecular weight excluding hydrogens is 172 g/mol. The minimum Gasteiger partial charge on any atom is -0.161 e. The van der Waals surface area contributed by atoms with Gasteiger partial charge in [-0.1, -0.05) is 36.8 Å². The standard InChI is InChI=1S/C9H11ClSi/c10-11(7-4-8-11)9-5-2-1-3-6-9/h1-3,5-6H,4,7-8H2. The van der Waals surface area contributed by atoms with Gasteiger partial charge >= 0.3 is 0 Å². The van der Waals surface area contributed by atoms with Gasteiger partial charge in [0.25, 0.3) is 0 Å². The molecule has 1 aliphatic heterocycles. The van der Waals surface area contributed by atoms with Crippen LogP contribution in [0.5, 0.6) is 0 Å². The highest BCUT2D eigenvalue weighted by Gasteiger charge is 2.39. The van der Waals surface area contributed by atoms with Crippen LogP contribution in [0.1, 0.15) is 6.42 Å². The monoisotopic (exact) mass is 182 g/mol. The number of hydrogen-bond acceptors (Lipinski definition) is 0. The predicted molar refractivity (Wildman–Crippen MR) is 51.9 cm³/mol. The van der Waals surface area contributed by atoms with Gasteiger partial charge in [0.2, 0.25) is 0 Å². The Morgan fingerprint density at radius 1 is 1.09 bits per heavy atom. The summed E-state index contributed by atoms with van der Waals surface area (Å²) in [5.74, 6) is 0. The zero-order valence-corrected chi connectivity index (χ0v) is 8.14. The smallest absolute Gasteiger partial charge is 0.161 e.